The minimum Gasteiger partial charge on any atom is -0.323 e. The second-order valence-electron chi connectivity index (χ2n) is 4.81. The van der Waals surface area contributed by atoms with E-state index in [-0.39, 0.29) is 6.04 Å². The maximum atomic E-state index is 6.23. The molecule has 100 valence electrons. The molecule has 0 heterocycles. The molecule has 0 radical (unpaired) electrons. The van der Waals surface area contributed by atoms with Crippen LogP contribution in [0.4, 0.5) is 0 Å². The van der Waals surface area contributed by atoms with E-state index in [2.05, 4.69) is 58.2 Å². The summed E-state index contributed by atoms with van der Waals surface area (Å²) < 4.78 is 1.15. The molecule has 0 aliphatic carbocycles. The first-order chi connectivity index (χ1) is 9.16. The van der Waals surface area contributed by atoms with Crippen LogP contribution in [0.3, 0.4) is 0 Å². The number of halogens is 1. The van der Waals surface area contributed by atoms with Crippen LogP contribution in [0, 0.1) is 0 Å². The molecule has 2 aromatic carbocycles. The Morgan fingerprint density at radius 2 is 1.68 bits per heavy atom. The summed E-state index contributed by atoms with van der Waals surface area (Å²) in [5.74, 6) is 0. The van der Waals surface area contributed by atoms with Gasteiger partial charge in [0.2, 0.25) is 0 Å². The van der Waals surface area contributed by atoms with Crippen LogP contribution in [-0.4, -0.2) is 18.5 Å². The molecule has 0 spiro atoms. The Balaban J connectivity index is 1.95. The van der Waals surface area contributed by atoms with Gasteiger partial charge in [0.1, 0.15) is 0 Å². The molecule has 1 atom stereocenters. The highest BCUT2D eigenvalue weighted by atomic mass is 79.9. The SMILES string of the molecule is CN(Cc1ccccc1Br)CC(N)c1ccccc1. The van der Waals surface area contributed by atoms with E-state index in [0.29, 0.717) is 0 Å². The summed E-state index contributed by atoms with van der Waals surface area (Å²) in [7, 11) is 2.10. The van der Waals surface area contributed by atoms with Crippen LogP contribution in [0.2, 0.25) is 0 Å². The van der Waals surface area contributed by atoms with E-state index in [4.69, 9.17) is 5.73 Å². The van der Waals surface area contributed by atoms with Crippen molar-refractivity contribution in [3.8, 4) is 0 Å². The summed E-state index contributed by atoms with van der Waals surface area (Å²) in [6.07, 6.45) is 0. The van der Waals surface area contributed by atoms with Crippen LogP contribution in [-0.2, 0) is 6.54 Å². The molecule has 0 fully saturated rings. The maximum Gasteiger partial charge on any atom is 0.0424 e. The van der Waals surface area contributed by atoms with Crippen LogP contribution in [0.5, 0.6) is 0 Å². The maximum absolute atomic E-state index is 6.23. The molecule has 2 nitrogen and oxygen atoms in total. The Labute approximate surface area is 123 Å². The fourth-order valence-electron chi connectivity index (χ4n) is 2.12. The lowest BCUT2D eigenvalue weighted by atomic mass is 10.1. The van der Waals surface area contributed by atoms with Crippen molar-refractivity contribution in [1.82, 2.24) is 4.90 Å². The summed E-state index contributed by atoms with van der Waals surface area (Å²) in [6, 6.07) is 18.6. The third-order valence-corrected chi connectivity index (χ3v) is 3.91. The van der Waals surface area contributed by atoms with Gasteiger partial charge < -0.3 is 10.6 Å². The van der Waals surface area contributed by atoms with Gasteiger partial charge in [-0.05, 0) is 24.2 Å². The molecule has 0 bridgehead atoms. The van der Waals surface area contributed by atoms with E-state index in [0.717, 1.165) is 17.6 Å². The van der Waals surface area contributed by atoms with Crippen LogP contribution in [0.15, 0.2) is 59.1 Å². The minimum atomic E-state index is 0.0497. The van der Waals surface area contributed by atoms with Crippen LogP contribution < -0.4 is 5.73 Å². The van der Waals surface area contributed by atoms with Gasteiger partial charge in [-0.25, -0.2) is 0 Å². The van der Waals surface area contributed by atoms with Gasteiger partial charge >= 0.3 is 0 Å². The van der Waals surface area contributed by atoms with Gasteiger partial charge in [0.05, 0.1) is 0 Å². The first-order valence-electron chi connectivity index (χ1n) is 6.39. The van der Waals surface area contributed by atoms with Gasteiger partial charge in [0.25, 0.3) is 0 Å². The zero-order valence-electron chi connectivity index (χ0n) is 11.1. The highest BCUT2D eigenvalue weighted by Crippen LogP contribution is 2.18. The standard InChI is InChI=1S/C16H19BrN2/c1-19(11-14-9-5-6-10-15(14)17)12-16(18)13-7-3-2-4-8-13/h2-10,16H,11-12,18H2,1H3. The van der Waals surface area contributed by atoms with Crippen molar-refractivity contribution >= 4 is 15.9 Å². The predicted molar refractivity (Wildman–Crippen MR) is 83.8 cm³/mol. The summed E-state index contributed by atoms with van der Waals surface area (Å²) in [5.41, 5.74) is 8.70. The number of nitrogens with zero attached hydrogens (tertiary/aromatic N) is 1. The quantitative estimate of drug-likeness (QED) is 0.913. The summed E-state index contributed by atoms with van der Waals surface area (Å²) >= 11 is 3.58. The zero-order valence-corrected chi connectivity index (χ0v) is 12.7. The first kappa shape index (κ1) is 14.3. The van der Waals surface area contributed by atoms with Gasteiger partial charge in [-0.1, -0.05) is 64.5 Å². The summed E-state index contributed by atoms with van der Waals surface area (Å²) in [5, 5.41) is 0. The Morgan fingerprint density at radius 3 is 2.37 bits per heavy atom. The molecule has 0 aliphatic rings. The van der Waals surface area contributed by atoms with E-state index < -0.39 is 0 Å². The van der Waals surface area contributed by atoms with Gasteiger partial charge in [0.15, 0.2) is 0 Å². The van der Waals surface area contributed by atoms with Crippen molar-refractivity contribution < 1.29 is 0 Å². The van der Waals surface area contributed by atoms with Gasteiger partial charge in [-0.3, -0.25) is 0 Å². The van der Waals surface area contributed by atoms with Crippen molar-refractivity contribution in [2.75, 3.05) is 13.6 Å². The molecule has 2 rings (SSSR count). The molecule has 2 N–H and O–H groups in total. The summed E-state index contributed by atoms with van der Waals surface area (Å²) in [4.78, 5) is 2.25. The molecule has 0 aromatic heterocycles. The van der Waals surface area contributed by atoms with Crippen molar-refractivity contribution in [2.45, 2.75) is 12.6 Å². The lowest BCUT2D eigenvalue weighted by Gasteiger charge is -2.22. The van der Waals surface area contributed by atoms with Crippen LogP contribution in [0.25, 0.3) is 0 Å². The zero-order chi connectivity index (χ0) is 13.7. The number of hydrogen-bond acceptors (Lipinski definition) is 2. The van der Waals surface area contributed by atoms with Crippen molar-refractivity contribution in [1.29, 1.82) is 0 Å². The fourth-order valence-corrected chi connectivity index (χ4v) is 2.53. The number of nitrogens with two attached hydrogens (primary N) is 1. The van der Waals surface area contributed by atoms with E-state index in [1.807, 2.05) is 24.3 Å². The average molecular weight is 319 g/mol. The smallest absolute Gasteiger partial charge is 0.0424 e. The Hall–Kier alpha value is -1.16. The Morgan fingerprint density at radius 1 is 1.05 bits per heavy atom. The van der Waals surface area contributed by atoms with E-state index in [1.165, 1.54) is 11.1 Å². The molecule has 0 amide bonds. The lowest BCUT2D eigenvalue weighted by molar-refractivity contribution is 0.305. The number of benzene rings is 2. The number of hydrogen-bond donors (Lipinski definition) is 1. The summed E-state index contributed by atoms with van der Waals surface area (Å²) in [6.45, 7) is 1.73. The van der Waals surface area contributed by atoms with Crippen molar-refractivity contribution in [2.24, 2.45) is 5.73 Å². The first-order valence-corrected chi connectivity index (χ1v) is 7.18. The molecular weight excluding hydrogens is 300 g/mol. The van der Waals surface area contributed by atoms with Crippen molar-refractivity contribution in [3.05, 3.63) is 70.2 Å². The molecule has 2 aromatic rings. The second-order valence-corrected chi connectivity index (χ2v) is 5.66. The second kappa shape index (κ2) is 6.85. The molecule has 0 saturated heterocycles. The molecule has 1 unspecified atom stereocenters. The molecule has 0 aliphatic heterocycles. The Kier molecular flexibility index (Phi) is 5.14. The lowest BCUT2D eigenvalue weighted by Crippen LogP contribution is -2.28. The van der Waals surface area contributed by atoms with Crippen LogP contribution >= 0.6 is 15.9 Å². The normalized spacial score (nSPS) is 12.6. The molecule has 0 saturated carbocycles. The monoisotopic (exact) mass is 318 g/mol. The highest BCUT2D eigenvalue weighted by Gasteiger charge is 2.10. The van der Waals surface area contributed by atoms with Crippen LogP contribution in [0.1, 0.15) is 17.2 Å². The predicted octanol–water partition coefficient (Wildman–Crippen LogP) is 3.58. The molecule has 19 heavy (non-hydrogen) atoms. The Bertz CT molecular complexity index is 513. The van der Waals surface area contributed by atoms with E-state index in [9.17, 15) is 0 Å². The van der Waals surface area contributed by atoms with Gasteiger partial charge in [0, 0.05) is 23.6 Å². The van der Waals surface area contributed by atoms with Gasteiger partial charge in [-0.2, -0.15) is 0 Å². The third kappa shape index (κ3) is 4.16. The van der Waals surface area contributed by atoms with Gasteiger partial charge in [-0.15, -0.1) is 0 Å². The topological polar surface area (TPSA) is 29.3 Å². The third-order valence-electron chi connectivity index (χ3n) is 3.13. The highest BCUT2D eigenvalue weighted by molar-refractivity contribution is 9.10. The largest absolute Gasteiger partial charge is 0.323 e. The van der Waals surface area contributed by atoms with Crippen molar-refractivity contribution in [3.63, 3.8) is 0 Å². The number of rotatable bonds is 5. The minimum absolute atomic E-state index is 0.0497. The van der Waals surface area contributed by atoms with E-state index >= 15 is 0 Å². The fraction of sp³-hybridized carbons (Fsp3) is 0.250. The molecular formula is C16H19BrN2. The number of likely N-dealkylation sites (N-methyl/N-ethyl adjacent to an activating group) is 1. The molecule has 3 heteroatoms. The average Bonchev–Trinajstić information content (AvgIpc) is 2.42. The van der Waals surface area contributed by atoms with E-state index in [1.54, 1.807) is 0 Å².